The topological polar surface area (TPSA) is 161 Å². The van der Waals surface area contributed by atoms with Gasteiger partial charge < -0.3 is 34.5 Å². The minimum absolute atomic E-state index is 0.0689. The summed E-state index contributed by atoms with van der Waals surface area (Å²) < 4.78 is 54.0. The molecule has 2 aliphatic heterocycles. The molecule has 0 saturated carbocycles. The number of pyridine rings is 1. The molecule has 16 heteroatoms. The van der Waals surface area contributed by atoms with Crippen LogP contribution in [0.2, 0.25) is 0 Å². The lowest BCUT2D eigenvalue weighted by Gasteiger charge is -2.31. The largest absolute Gasteiger partial charge is 0.481 e. The van der Waals surface area contributed by atoms with Gasteiger partial charge in [-0.25, -0.2) is 19.5 Å². The van der Waals surface area contributed by atoms with E-state index >= 15 is 0 Å². The molecule has 0 unspecified atom stereocenters. The van der Waals surface area contributed by atoms with Gasteiger partial charge in [-0.2, -0.15) is 13.2 Å². The Morgan fingerprint density at radius 1 is 1.24 bits per heavy atom. The number of nitrogens with one attached hydrogen (secondary N) is 1. The molecule has 1 fully saturated rings. The van der Waals surface area contributed by atoms with Crippen LogP contribution in [-0.4, -0.2) is 73.2 Å². The van der Waals surface area contributed by atoms with Crippen LogP contribution >= 0.6 is 7.82 Å². The van der Waals surface area contributed by atoms with Crippen molar-refractivity contribution in [1.82, 2.24) is 19.9 Å². The van der Waals surface area contributed by atoms with Gasteiger partial charge in [-0.1, -0.05) is 6.92 Å². The number of ether oxygens (including phenoxy) is 1. The zero-order valence-corrected chi connectivity index (χ0v) is 21.0. The number of hydrogen-bond acceptors (Lipinski definition) is 8. The van der Waals surface area contributed by atoms with Crippen molar-refractivity contribution in [2.24, 2.45) is 0 Å². The zero-order valence-electron chi connectivity index (χ0n) is 20.1. The van der Waals surface area contributed by atoms with Gasteiger partial charge in [-0.3, -0.25) is 4.79 Å². The Kier molecular flexibility index (Phi) is 8.95. The van der Waals surface area contributed by atoms with Crippen molar-refractivity contribution in [3.8, 4) is 5.88 Å². The molecule has 1 saturated heterocycles. The lowest BCUT2D eigenvalue weighted by Crippen LogP contribution is -2.34. The van der Waals surface area contributed by atoms with Crippen LogP contribution in [0, 0.1) is 0 Å². The first-order chi connectivity index (χ1) is 17.3. The number of fused-ring (bicyclic) bond motifs is 1. The maximum absolute atomic E-state index is 13.4. The molecule has 12 nitrogen and oxygen atoms in total. The molecule has 37 heavy (non-hydrogen) atoms. The quantitative estimate of drug-likeness (QED) is 0.404. The molecule has 204 valence electrons. The Morgan fingerprint density at radius 3 is 2.57 bits per heavy atom. The highest BCUT2D eigenvalue weighted by atomic mass is 31.2. The molecule has 0 aromatic carbocycles. The first-order valence-corrected chi connectivity index (χ1v) is 12.9. The molecule has 4 rings (SSSR count). The van der Waals surface area contributed by atoms with Crippen LogP contribution in [0.25, 0.3) is 0 Å². The third-order valence-electron chi connectivity index (χ3n) is 5.89. The zero-order chi connectivity index (χ0) is 27.4. The average Bonchev–Trinajstić information content (AvgIpc) is 3.30. The summed E-state index contributed by atoms with van der Waals surface area (Å²) in [5, 5.41) is 3.42. The van der Waals surface area contributed by atoms with Gasteiger partial charge in [0.05, 0.1) is 24.7 Å². The number of phosphoric acid groups is 1. The van der Waals surface area contributed by atoms with Crippen LogP contribution in [0.1, 0.15) is 36.6 Å². The maximum Gasteiger partial charge on any atom is 0.466 e. The summed E-state index contributed by atoms with van der Waals surface area (Å²) in [4.78, 5) is 49.8. The van der Waals surface area contributed by atoms with Crippen molar-refractivity contribution in [3.63, 3.8) is 0 Å². The van der Waals surface area contributed by atoms with Crippen molar-refractivity contribution in [2.75, 3.05) is 37.0 Å². The van der Waals surface area contributed by atoms with Crippen LogP contribution < -0.4 is 15.0 Å². The number of methoxy groups -OCH3 is 1. The van der Waals surface area contributed by atoms with E-state index in [1.807, 2.05) is 16.7 Å². The lowest BCUT2D eigenvalue weighted by molar-refractivity contribution is -0.139. The normalized spacial score (nSPS) is 17.6. The van der Waals surface area contributed by atoms with Gasteiger partial charge in [0.1, 0.15) is 17.7 Å². The molecular formula is C21H28F3N6O6P. The van der Waals surface area contributed by atoms with Crippen molar-refractivity contribution in [2.45, 2.75) is 44.9 Å². The van der Waals surface area contributed by atoms with Gasteiger partial charge in [0.25, 0.3) is 0 Å². The molecular weight excluding hydrogens is 520 g/mol. The highest BCUT2D eigenvalue weighted by molar-refractivity contribution is 7.45. The summed E-state index contributed by atoms with van der Waals surface area (Å²) in [5.41, 5.74) is 1.18. The van der Waals surface area contributed by atoms with E-state index in [2.05, 4.69) is 20.3 Å². The molecule has 2 aliphatic rings. The average molecular weight is 548 g/mol. The Balaban J connectivity index is 0.000000695. The summed E-state index contributed by atoms with van der Waals surface area (Å²) >= 11 is 0. The molecule has 0 bridgehead atoms. The lowest BCUT2D eigenvalue weighted by atomic mass is 10.0. The van der Waals surface area contributed by atoms with Crippen LogP contribution in [0.5, 0.6) is 5.88 Å². The van der Waals surface area contributed by atoms with Crippen molar-refractivity contribution >= 4 is 25.2 Å². The Bertz CT molecular complexity index is 1160. The summed E-state index contributed by atoms with van der Waals surface area (Å²) in [6, 6.07) is 1.14. The van der Waals surface area contributed by atoms with Crippen LogP contribution in [0.4, 0.5) is 24.7 Å². The van der Waals surface area contributed by atoms with Crippen molar-refractivity contribution in [1.29, 1.82) is 0 Å². The molecule has 0 aliphatic carbocycles. The fraction of sp³-hybridized carbons (Fsp3) is 0.524. The predicted molar refractivity (Wildman–Crippen MR) is 126 cm³/mol. The second-order valence-corrected chi connectivity index (χ2v) is 9.43. The number of carbonyl (C=O) groups is 1. The monoisotopic (exact) mass is 548 g/mol. The highest BCUT2D eigenvalue weighted by Gasteiger charge is 2.36. The van der Waals surface area contributed by atoms with Crippen molar-refractivity contribution in [3.05, 3.63) is 35.4 Å². The second-order valence-electron chi connectivity index (χ2n) is 8.40. The highest BCUT2D eigenvalue weighted by Crippen LogP contribution is 2.38. The van der Waals surface area contributed by atoms with Crippen LogP contribution in [0.15, 0.2) is 18.6 Å². The van der Waals surface area contributed by atoms with E-state index in [1.165, 1.54) is 19.6 Å². The molecule has 4 heterocycles. The number of amides is 1. The Hall–Kier alpha value is -3.00. The Labute approximate surface area is 210 Å². The fourth-order valence-electron chi connectivity index (χ4n) is 4.19. The van der Waals surface area contributed by atoms with E-state index in [4.69, 9.17) is 24.0 Å². The molecule has 2 aromatic heterocycles. The maximum atomic E-state index is 13.4. The van der Waals surface area contributed by atoms with Gasteiger partial charge in [0.2, 0.25) is 11.8 Å². The van der Waals surface area contributed by atoms with Crippen molar-refractivity contribution < 1.29 is 41.9 Å². The SMILES string of the molecule is CCC(=O)N1CC[C@H](Nc2ncnc3c2CN(c2cnc(OC)c(C(F)(F)F)c2)CC3)C1.O=P(O)(O)O. The standard InChI is InChI=1S/C21H25F3N6O2.H3O4P/c1-3-18(31)30-6-4-13(10-30)28-19-15-11-29(7-5-17(15)26-12-27-19)14-8-16(21(22,23)24)20(32-2)25-9-14;1-5(2,3)4/h8-9,12-13H,3-7,10-11H2,1-2H3,(H,26,27,28);(H3,1,2,3,4)/t13-;/m0./s1. The number of likely N-dealkylation sites (tertiary alicyclic amines) is 1. The number of alkyl halides is 3. The molecule has 4 N–H and O–H groups in total. The fourth-order valence-corrected chi connectivity index (χ4v) is 4.19. The molecule has 2 aromatic rings. The van der Waals surface area contributed by atoms with Gasteiger partial charge in [0.15, 0.2) is 0 Å². The minimum Gasteiger partial charge on any atom is -0.481 e. The number of halogens is 3. The summed E-state index contributed by atoms with van der Waals surface area (Å²) in [5.74, 6) is 0.336. The van der Waals surface area contributed by atoms with E-state index < -0.39 is 25.4 Å². The number of aromatic nitrogens is 3. The summed E-state index contributed by atoms with van der Waals surface area (Å²) in [7, 11) is -3.47. The first kappa shape index (κ1) is 28.6. The second kappa shape index (κ2) is 11.6. The van der Waals surface area contributed by atoms with E-state index in [0.717, 1.165) is 23.7 Å². The number of hydrogen-bond donors (Lipinski definition) is 4. The van der Waals surface area contributed by atoms with Gasteiger partial charge in [-0.15, -0.1) is 0 Å². The molecule has 0 spiro atoms. The Morgan fingerprint density at radius 2 is 1.95 bits per heavy atom. The third-order valence-corrected chi connectivity index (χ3v) is 5.89. The molecule has 1 atom stereocenters. The third kappa shape index (κ3) is 7.74. The van der Waals surface area contributed by atoms with Crippen LogP contribution in [-0.2, 0) is 28.5 Å². The van der Waals surface area contributed by atoms with E-state index in [1.54, 1.807) is 0 Å². The van der Waals surface area contributed by atoms with Gasteiger partial charge in [-0.05, 0) is 12.5 Å². The smallest absolute Gasteiger partial charge is 0.466 e. The van der Waals surface area contributed by atoms with E-state index in [0.29, 0.717) is 50.5 Å². The number of rotatable bonds is 5. The minimum atomic E-state index is -4.64. The molecule has 0 radical (unpaired) electrons. The summed E-state index contributed by atoms with van der Waals surface area (Å²) in [6.07, 6.45) is 0.178. The van der Waals surface area contributed by atoms with Crippen LogP contribution in [0.3, 0.4) is 0 Å². The van der Waals surface area contributed by atoms with Gasteiger partial charge in [0, 0.05) is 50.6 Å². The molecule has 1 amide bonds. The summed E-state index contributed by atoms with van der Waals surface area (Å²) in [6.45, 7) is 4.01. The van der Waals surface area contributed by atoms with Gasteiger partial charge >= 0.3 is 14.0 Å². The predicted octanol–water partition coefficient (Wildman–Crippen LogP) is 1.96. The number of nitrogens with zero attached hydrogens (tertiary/aromatic N) is 5. The van der Waals surface area contributed by atoms with E-state index in [-0.39, 0.29) is 11.9 Å². The number of anilines is 2. The number of carbonyl (C=O) groups excluding carboxylic acids is 1. The van der Waals surface area contributed by atoms with E-state index in [9.17, 15) is 18.0 Å². The first-order valence-electron chi connectivity index (χ1n) is 11.3.